The van der Waals surface area contributed by atoms with Gasteiger partial charge in [-0.3, -0.25) is 0 Å². The number of halogens is 1. The molecule has 0 unspecified atom stereocenters. The SMILES string of the molecule is Cc1nnc([C@H](C)c2ccc(F)cc2)c(N[C@@H]2CCNC2)n1. The van der Waals surface area contributed by atoms with Gasteiger partial charge in [-0.25, -0.2) is 9.37 Å². The summed E-state index contributed by atoms with van der Waals surface area (Å²) in [5.41, 5.74) is 1.79. The Hall–Kier alpha value is -2.08. The van der Waals surface area contributed by atoms with E-state index in [4.69, 9.17) is 0 Å². The maximum atomic E-state index is 13.1. The van der Waals surface area contributed by atoms with Crippen molar-refractivity contribution in [1.82, 2.24) is 20.5 Å². The smallest absolute Gasteiger partial charge is 0.152 e. The van der Waals surface area contributed by atoms with Crippen molar-refractivity contribution in [2.75, 3.05) is 18.4 Å². The molecule has 0 radical (unpaired) electrons. The van der Waals surface area contributed by atoms with Gasteiger partial charge >= 0.3 is 0 Å². The summed E-state index contributed by atoms with van der Waals surface area (Å²) in [5, 5.41) is 15.2. The minimum Gasteiger partial charge on any atom is -0.364 e. The van der Waals surface area contributed by atoms with Gasteiger partial charge in [-0.2, -0.15) is 0 Å². The average molecular weight is 301 g/mol. The summed E-state index contributed by atoms with van der Waals surface area (Å²) in [5.74, 6) is 1.18. The zero-order valence-corrected chi connectivity index (χ0v) is 12.8. The summed E-state index contributed by atoms with van der Waals surface area (Å²) in [6.07, 6.45) is 1.06. The van der Waals surface area contributed by atoms with E-state index in [2.05, 4.69) is 25.8 Å². The maximum absolute atomic E-state index is 13.1. The Morgan fingerprint density at radius 3 is 2.73 bits per heavy atom. The summed E-state index contributed by atoms with van der Waals surface area (Å²) < 4.78 is 13.1. The maximum Gasteiger partial charge on any atom is 0.152 e. The van der Waals surface area contributed by atoms with E-state index in [0.29, 0.717) is 11.9 Å². The van der Waals surface area contributed by atoms with Gasteiger partial charge in [0.1, 0.15) is 17.3 Å². The van der Waals surface area contributed by atoms with E-state index in [1.165, 1.54) is 12.1 Å². The highest BCUT2D eigenvalue weighted by atomic mass is 19.1. The topological polar surface area (TPSA) is 62.7 Å². The van der Waals surface area contributed by atoms with Gasteiger partial charge in [0.25, 0.3) is 0 Å². The number of aryl methyl sites for hydroxylation is 1. The molecule has 22 heavy (non-hydrogen) atoms. The van der Waals surface area contributed by atoms with E-state index in [1.54, 1.807) is 12.1 Å². The molecule has 2 heterocycles. The molecule has 1 aromatic heterocycles. The van der Waals surface area contributed by atoms with Crippen molar-refractivity contribution in [3.05, 3.63) is 47.2 Å². The summed E-state index contributed by atoms with van der Waals surface area (Å²) >= 11 is 0. The highest BCUT2D eigenvalue weighted by molar-refractivity contribution is 5.46. The van der Waals surface area contributed by atoms with E-state index in [-0.39, 0.29) is 11.7 Å². The lowest BCUT2D eigenvalue weighted by Gasteiger charge is -2.18. The highest BCUT2D eigenvalue weighted by Crippen LogP contribution is 2.27. The largest absolute Gasteiger partial charge is 0.364 e. The first-order valence-electron chi connectivity index (χ1n) is 7.57. The van der Waals surface area contributed by atoms with Crippen molar-refractivity contribution in [2.24, 2.45) is 0 Å². The molecule has 2 N–H and O–H groups in total. The summed E-state index contributed by atoms with van der Waals surface area (Å²) in [6.45, 7) is 5.80. The molecule has 1 aliphatic heterocycles. The van der Waals surface area contributed by atoms with Gasteiger partial charge in [0.2, 0.25) is 0 Å². The van der Waals surface area contributed by atoms with Crippen LogP contribution in [0.25, 0.3) is 0 Å². The highest BCUT2D eigenvalue weighted by Gasteiger charge is 2.21. The molecule has 1 fully saturated rings. The molecule has 6 heteroatoms. The van der Waals surface area contributed by atoms with Crippen LogP contribution >= 0.6 is 0 Å². The number of benzene rings is 1. The third-order valence-corrected chi connectivity index (χ3v) is 4.00. The van der Waals surface area contributed by atoms with Gasteiger partial charge in [-0.15, -0.1) is 10.2 Å². The molecule has 0 saturated carbocycles. The molecule has 0 aliphatic carbocycles. The Bertz CT molecular complexity index is 637. The zero-order chi connectivity index (χ0) is 15.5. The molecule has 0 bridgehead atoms. The lowest BCUT2D eigenvalue weighted by atomic mass is 9.97. The Kier molecular flexibility index (Phi) is 4.29. The molecule has 1 aromatic carbocycles. The van der Waals surface area contributed by atoms with E-state index in [1.807, 2.05) is 13.8 Å². The molecule has 2 atom stereocenters. The molecular formula is C16H20FN5. The fraction of sp³-hybridized carbons (Fsp3) is 0.438. The predicted molar refractivity (Wildman–Crippen MR) is 83.4 cm³/mol. The fourth-order valence-corrected chi connectivity index (χ4v) is 2.69. The number of hydrogen-bond donors (Lipinski definition) is 2. The van der Waals surface area contributed by atoms with Crippen LogP contribution in [-0.2, 0) is 0 Å². The van der Waals surface area contributed by atoms with Gasteiger partial charge < -0.3 is 10.6 Å². The molecule has 0 amide bonds. The number of nitrogens with one attached hydrogen (secondary N) is 2. The van der Waals surface area contributed by atoms with Crippen molar-refractivity contribution in [3.8, 4) is 0 Å². The van der Waals surface area contributed by atoms with Gasteiger partial charge in [-0.1, -0.05) is 19.1 Å². The second-order valence-electron chi connectivity index (χ2n) is 5.70. The van der Waals surface area contributed by atoms with E-state index in [0.717, 1.165) is 36.6 Å². The molecule has 2 aromatic rings. The molecule has 0 spiro atoms. The molecule has 5 nitrogen and oxygen atoms in total. The average Bonchev–Trinajstić information content (AvgIpc) is 3.00. The third-order valence-electron chi connectivity index (χ3n) is 4.00. The minimum atomic E-state index is -0.237. The third kappa shape index (κ3) is 3.22. The number of aromatic nitrogens is 3. The lowest BCUT2D eigenvalue weighted by Crippen LogP contribution is -2.24. The molecule has 1 saturated heterocycles. The van der Waals surface area contributed by atoms with Crippen molar-refractivity contribution in [2.45, 2.75) is 32.2 Å². The molecule has 116 valence electrons. The van der Waals surface area contributed by atoms with Gasteiger partial charge in [0.05, 0.1) is 0 Å². The Morgan fingerprint density at radius 2 is 2.05 bits per heavy atom. The summed E-state index contributed by atoms with van der Waals surface area (Å²) in [6, 6.07) is 6.85. The van der Waals surface area contributed by atoms with E-state index >= 15 is 0 Å². The molecule has 3 rings (SSSR count). The predicted octanol–water partition coefficient (Wildman–Crippen LogP) is 2.24. The quantitative estimate of drug-likeness (QED) is 0.907. The second-order valence-corrected chi connectivity index (χ2v) is 5.70. The van der Waals surface area contributed by atoms with Crippen molar-refractivity contribution in [3.63, 3.8) is 0 Å². The van der Waals surface area contributed by atoms with Crippen LogP contribution in [0.4, 0.5) is 10.2 Å². The van der Waals surface area contributed by atoms with Crippen LogP contribution in [0.15, 0.2) is 24.3 Å². The van der Waals surface area contributed by atoms with Crippen molar-refractivity contribution in [1.29, 1.82) is 0 Å². The minimum absolute atomic E-state index is 0.00179. The fourth-order valence-electron chi connectivity index (χ4n) is 2.69. The molecular weight excluding hydrogens is 281 g/mol. The van der Waals surface area contributed by atoms with Gasteiger partial charge in [0.15, 0.2) is 5.82 Å². The Balaban J connectivity index is 1.89. The van der Waals surface area contributed by atoms with Crippen LogP contribution in [0.1, 0.15) is 36.3 Å². The van der Waals surface area contributed by atoms with Crippen LogP contribution in [0.3, 0.4) is 0 Å². The van der Waals surface area contributed by atoms with E-state index in [9.17, 15) is 4.39 Å². The summed E-state index contributed by atoms with van der Waals surface area (Å²) in [4.78, 5) is 4.51. The Morgan fingerprint density at radius 1 is 1.27 bits per heavy atom. The van der Waals surface area contributed by atoms with Crippen LogP contribution < -0.4 is 10.6 Å². The zero-order valence-electron chi connectivity index (χ0n) is 12.8. The van der Waals surface area contributed by atoms with Gasteiger partial charge in [0, 0.05) is 18.5 Å². The first kappa shape index (κ1) is 14.8. The monoisotopic (exact) mass is 301 g/mol. The normalized spacial score (nSPS) is 19.1. The number of anilines is 1. The second kappa shape index (κ2) is 6.36. The number of rotatable bonds is 4. The van der Waals surface area contributed by atoms with Gasteiger partial charge in [-0.05, 0) is 37.6 Å². The van der Waals surface area contributed by atoms with Crippen molar-refractivity contribution < 1.29 is 4.39 Å². The van der Waals surface area contributed by atoms with Crippen LogP contribution in [0, 0.1) is 12.7 Å². The lowest BCUT2D eigenvalue weighted by molar-refractivity contribution is 0.626. The summed E-state index contributed by atoms with van der Waals surface area (Å²) in [7, 11) is 0. The first-order chi connectivity index (χ1) is 10.6. The van der Waals surface area contributed by atoms with Crippen molar-refractivity contribution >= 4 is 5.82 Å². The van der Waals surface area contributed by atoms with Crippen LogP contribution in [-0.4, -0.2) is 34.3 Å². The number of hydrogen-bond acceptors (Lipinski definition) is 5. The standard InChI is InChI=1S/C16H20FN5/c1-10(12-3-5-13(17)6-4-12)15-16(19-11(2)21-22-15)20-14-7-8-18-9-14/h3-6,10,14,18H,7-9H2,1-2H3,(H,19,20,21)/t10-,14-/m1/s1. The van der Waals surface area contributed by atoms with Crippen LogP contribution in [0.5, 0.6) is 0 Å². The molecule has 1 aliphatic rings. The van der Waals surface area contributed by atoms with E-state index < -0.39 is 0 Å². The van der Waals surface area contributed by atoms with Crippen LogP contribution in [0.2, 0.25) is 0 Å². The Labute approximate surface area is 129 Å². The number of nitrogens with zero attached hydrogens (tertiary/aromatic N) is 3. The first-order valence-corrected chi connectivity index (χ1v) is 7.57.